The Morgan fingerprint density at radius 1 is 1.12 bits per heavy atom. The van der Waals surface area contributed by atoms with Crippen molar-refractivity contribution in [3.63, 3.8) is 0 Å². The summed E-state index contributed by atoms with van der Waals surface area (Å²) in [6, 6.07) is 12.4. The molecule has 0 fully saturated rings. The standard InChI is InChI=1S/C18H22N3O2S/c1-20(7-9-22)13-3-5-15-17(11-13)24-18-12-14(21(2)8-10-23)4-6-16(18)19-15/h3-6,11-12,22-23H,7-10H2,1-2H3/q+1. The molecule has 1 heterocycles. The van der Waals surface area contributed by atoms with E-state index in [1.807, 2.05) is 47.8 Å². The van der Waals surface area contributed by atoms with Gasteiger partial charge in [0.1, 0.15) is 13.7 Å². The molecule has 0 aromatic heterocycles. The SMILES string of the molecule is CN(CCO)c1ccc2nc3ccc(=[N+](C)CCO)cc-3sc2c1. The number of aliphatic hydroxyl groups excluding tert-OH is 2. The van der Waals surface area contributed by atoms with Crippen LogP contribution >= 0.6 is 11.3 Å². The zero-order chi connectivity index (χ0) is 17.1. The summed E-state index contributed by atoms with van der Waals surface area (Å²) in [5.41, 5.74) is 3.03. The van der Waals surface area contributed by atoms with Crippen LogP contribution in [0.25, 0.3) is 20.8 Å². The molecule has 0 amide bonds. The van der Waals surface area contributed by atoms with Gasteiger partial charge in [-0.05, 0) is 24.3 Å². The van der Waals surface area contributed by atoms with Crippen LogP contribution in [0.2, 0.25) is 0 Å². The second-order valence-corrected chi connectivity index (χ2v) is 6.89. The molecule has 1 aromatic carbocycles. The Labute approximate surface area is 145 Å². The fourth-order valence-electron chi connectivity index (χ4n) is 2.64. The monoisotopic (exact) mass is 344 g/mol. The number of aromatic nitrogens is 1. The average Bonchev–Trinajstić information content (AvgIpc) is 2.59. The number of likely N-dealkylation sites (N-methyl/N-ethyl adjacent to an activating group) is 2. The molecular formula is C18H22N3O2S+. The molecule has 0 spiro atoms. The lowest BCUT2D eigenvalue weighted by Crippen LogP contribution is -2.28. The highest BCUT2D eigenvalue weighted by Gasteiger charge is 2.10. The Morgan fingerprint density at radius 3 is 2.71 bits per heavy atom. The largest absolute Gasteiger partial charge is 0.395 e. The van der Waals surface area contributed by atoms with Crippen molar-refractivity contribution in [3.8, 4) is 10.6 Å². The Hall–Kier alpha value is -2.02. The molecule has 3 rings (SSSR count). The van der Waals surface area contributed by atoms with E-state index >= 15 is 0 Å². The minimum absolute atomic E-state index is 0.133. The summed E-state index contributed by atoms with van der Waals surface area (Å²) >= 11 is 1.71. The van der Waals surface area contributed by atoms with Crippen molar-refractivity contribution in [2.24, 2.45) is 0 Å². The summed E-state index contributed by atoms with van der Waals surface area (Å²) in [6.45, 7) is 1.48. The highest BCUT2D eigenvalue weighted by molar-refractivity contribution is 7.21. The summed E-state index contributed by atoms with van der Waals surface area (Å²) in [5.74, 6) is 0. The quantitative estimate of drug-likeness (QED) is 0.540. The second-order valence-electron chi connectivity index (χ2n) is 5.81. The van der Waals surface area contributed by atoms with Gasteiger partial charge in [-0.3, -0.25) is 0 Å². The summed E-state index contributed by atoms with van der Waals surface area (Å²) in [4.78, 5) is 7.89. The molecule has 1 aromatic rings. The predicted octanol–water partition coefficient (Wildman–Crippen LogP) is 1.22. The van der Waals surface area contributed by atoms with Gasteiger partial charge in [-0.25, -0.2) is 9.56 Å². The van der Waals surface area contributed by atoms with Gasteiger partial charge in [0, 0.05) is 31.4 Å². The number of anilines is 1. The van der Waals surface area contributed by atoms with Crippen LogP contribution in [-0.4, -0.2) is 55.6 Å². The lowest BCUT2D eigenvalue weighted by Gasteiger charge is -2.18. The van der Waals surface area contributed by atoms with E-state index in [2.05, 4.69) is 12.1 Å². The first-order chi connectivity index (χ1) is 11.6. The maximum absolute atomic E-state index is 9.10. The number of fused-ring (bicyclic) bond motifs is 2. The van der Waals surface area contributed by atoms with E-state index in [9.17, 15) is 0 Å². The van der Waals surface area contributed by atoms with Gasteiger partial charge < -0.3 is 15.1 Å². The predicted molar refractivity (Wildman–Crippen MR) is 99.7 cm³/mol. The van der Waals surface area contributed by atoms with Crippen LogP contribution in [0.3, 0.4) is 0 Å². The van der Waals surface area contributed by atoms with Crippen LogP contribution in [0, 0.1) is 0 Å². The topological polar surface area (TPSA) is 59.6 Å². The number of benzene rings is 2. The zero-order valence-corrected chi connectivity index (χ0v) is 14.8. The highest BCUT2D eigenvalue weighted by Crippen LogP contribution is 2.31. The third kappa shape index (κ3) is 3.40. The first kappa shape index (κ1) is 16.8. The van der Waals surface area contributed by atoms with Crippen LogP contribution in [0.5, 0.6) is 0 Å². The molecule has 0 radical (unpaired) electrons. The van der Waals surface area contributed by atoms with E-state index < -0.39 is 0 Å². The van der Waals surface area contributed by atoms with Gasteiger partial charge in [-0.1, -0.05) is 0 Å². The van der Waals surface area contributed by atoms with Gasteiger partial charge in [0.05, 0.1) is 27.4 Å². The van der Waals surface area contributed by atoms with Crippen LogP contribution < -0.4 is 14.8 Å². The molecule has 2 aliphatic rings. The first-order valence-corrected chi connectivity index (χ1v) is 8.75. The summed E-state index contributed by atoms with van der Waals surface area (Å²) in [6.07, 6.45) is 0. The third-order valence-corrected chi connectivity index (χ3v) is 5.19. The number of hydrogen-bond donors (Lipinski definition) is 2. The number of nitrogens with zero attached hydrogens (tertiary/aromatic N) is 3. The molecule has 0 saturated carbocycles. The highest BCUT2D eigenvalue weighted by atomic mass is 32.1. The van der Waals surface area contributed by atoms with E-state index in [4.69, 9.17) is 15.2 Å². The fraction of sp³-hybridized carbons (Fsp3) is 0.333. The maximum Gasteiger partial charge on any atom is 0.201 e. The van der Waals surface area contributed by atoms with Gasteiger partial charge in [-0.15, -0.1) is 11.3 Å². The van der Waals surface area contributed by atoms with E-state index in [0.29, 0.717) is 13.1 Å². The number of rotatable bonds is 5. The van der Waals surface area contributed by atoms with Crippen molar-refractivity contribution >= 4 is 27.2 Å². The van der Waals surface area contributed by atoms with Gasteiger partial charge >= 0.3 is 0 Å². The maximum atomic E-state index is 9.10. The van der Waals surface area contributed by atoms with E-state index in [-0.39, 0.29) is 13.2 Å². The van der Waals surface area contributed by atoms with Crippen LogP contribution in [0.4, 0.5) is 5.69 Å². The van der Waals surface area contributed by atoms with Crippen molar-refractivity contribution in [2.75, 3.05) is 45.3 Å². The van der Waals surface area contributed by atoms with E-state index in [0.717, 1.165) is 31.8 Å². The summed E-state index contributed by atoms with van der Waals surface area (Å²) < 4.78 is 3.15. The van der Waals surface area contributed by atoms with Crippen LogP contribution in [-0.2, 0) is 0 Å². The minimum atomic E-state index is 0.133. The van der Waals surface area contributed by atoms with E-state index in [1.54, 1.807) is 11.3 Å². The smallest absolute Gasteiger partial charge is 0.201 e. The second kappa shape index (κ2) is 7.25. The summed E-state index contributed by atoms with van der Waals surface area (Å²) in [5, 5.41) is 19.3. The Morgan fingerprint density at radius 2 is 1.96 bits per heavy atom. The Kier molecular flexibility index (Phi) is 5.08. The molecule has 0 saturated heterocycles. The molecule has 1 aliphatic heterocycles. The Bertz CT molecular complexity index is 891. The molecule has 5 nitrogen and oxygen atoms in total. The molecule has 24 heavy (non-hydrogen) atoms. The van der Waals surface area contributed by atoms with Crippen molar-refractivity contribution in [1.29, 1.82) is 0 Å². The molecule has 0 bridgehead atoms. The molecule has 0 unspecified atom stereocenters. The molecule has 1 aliphatic carbocycles. The van der Waals surface area contributed by atoms with Gasteiger partial charge in [0.25, 0.3) is 0 Å². The number of hydrogen-bond acceptors (Lipinski definition) is 5. The Balaban J connectivity index is 2.12. The minimum Gasteiger partial charge on any atom is -0.395 e. The lowest BCUT2D eigenvalue weighted by atomic mass is 10.2. The first-order valence-electron chi connectivity index (χ1n) is 7.94. The third-order valence-electron chi connectivity index (χ3n) is 4.10. The normalized spacial score (nSPS) is 12.7. The number of aliphatic hydroxyl groups is 2. The summed E-state index contributed by atoms with van der Waals surface area (Å²) in [7, 11) is 3.94. The van der Waals surface area contributed by atoms with Gasteiger partial charge in [0.2, 0.25) is 5.36 Å². The molecule has 126 valence electrons. The van der Waals surface area contributed by atoms with Crippen molar-refractivity contribution in [2.45, 2.75) is 0 Å². The lowest BCUT2D eigenvalue weighted by molar-refractivity contribution is 0.287. The molecular weight excluding hydrogens is 322 g/mol. The van der Waals surface area contributed by atoms with Crippen LogP contribution in [0.1, 0.15) is 0 Å². The van der Waals surface area contributed by atoms with Crippen molar-refractivity contribution in [1.82, 2.24) is 9.56 Å². The zero-order valence-electron chi connectivity index (χ0n) is 13.9. The van der Waals surface area contributed by atoms with E-state index in [1.165, 1.54) is 0 Å². The molecule has 0 atom stereocenters. The average molecular weight is 344 g/mol. The van der Waals surface area contributed by atoms with Crippen molar-refractivity contribution < 1.29 is 10.2 Å². The van der Waals surface area contributed by atoms with Crippen molar-refractivity contribution in [3.05, 3.63) is 41.8 Å². The molecule has 2 N–H and O–H groups in total. The van der Waals surface area contributed by atoms with Gasteiger partial charge in [-0.2, -0.15) is 0 Å². The van der Waals surface area contributed by atoms with Crippen LogP contribution in [0.15, 0.2) is 36.4 Å². The molecule has 6 heteroatoms. The van der Waals surface area contributed by atoms with Gasteiger partial charge in [0.15, 0.2) is 6.54 Å². The fourth-order valence-corrected chi connectivity index (χ4v) is 3.67.